The van der Waals surface area contributed by atoms with E-state index in [-0.39, 0.29) is 0 Å². The molecule has 2 aliphatic heterocycles. The standard InChI is InChI=1S/C14H20ClN3/c1-18-11-5-6-12(18)8-10(7-11)9-16-14-4-2-3-13(15)17-14/h2-4,10-12H,5-9H2,1H3,(H,16,17). The average molecular weight is 266 g/mol. The number of halogens is 1. The Kier molecular flexibility index (Phi) is 3.44. The van der Waals surface area contributed by atoms with E-state index in [1.165, 1.54) is 25.7 Å². The second-order valence-corrected chi connectivity index (χ2v) is 6.00. The summed E-state index contributed by atoms with van der Waals surface area (Å²) in [6, 6.07) is 7.35. The summed E-state index contributed by atoms with van der Waals surface area (Å²) in [5.74, 6) is 1.67. The maximum atomic E-state index is 5.88. The number of nitrogens with one attached hydrogen (secondary N) is 1. The van der Waals surface area contributed by atoms with Crippen LogP contribution in [0.5, 0.6) is 0 Å². The monoisotopic (exact) mass is 265 g/mol. The predicted octanol–water partition coefficient (Wildman–Crippen LogP) is 3.02. The molecule has 0 radical (unpaired) electrons. The highest BCUT2D eigenvalue weighted by Gasteiger charge is 2.38. The van der Waals surface area contributed by atoms with Gasteiger partial charge in [-0.1, -0.05) is 17.7 Å². The quantitative estimate of drug-likeness (QED) is 0.852. The maximum absolute atomic E-state index is 5.88. The zero-order valence-electron chi connectivity index (χ0n) is 10.8. The van der Waals surface area contributed by atoms with Crippen LogP contribution in [0.3, 0.4) is 0 Å². The van der Waals surface area contributed by atoms with Crippen LogP contribution in [-0.4, -0.2) is 35.6 Å². The van der Waals surface area contributed by atoms with Crippen LogP contribution in [0.15, 0.2) is 18.2 Å². The Morgan fingerprint density at radius 2 is 2.06 bits per heavy atom. The van der Waals surface area contributed by atoms with Crippen LogP contribution in [-0.2, 0) is 0 Å². The average Bonchev–Trinajstić information content (AvgIpc) is 2.60. The van der Waals surface area contributed by atoms with Gasteiger partial charge in [0.2, 0.25) is 0 Å². The summed E-state index contributed by atoms with van der Waals surface area (Å²) in [6.07, 6.45) is 5.40. The minimum atomic E-state index is 0.559. The summed E-state index contributed by atoms with van der Waals surface area (Å²) in [6.45, 7) is 1.02. The molecule has 98 valence electrons. The smallest absolute Gasteiger partial charge is 0.131 e. The van der Waals surface area contributed by atoms with Crippen molar-refractivity contribution in [3.8, 4) is 0 Å². The summed E-state index contributed by atoms with van der Waals surface area (Å²) < 4.78 is 0. The normalized spacial score (nSPS) is 31.6. The highest BCUT2D eigenvalue weighted by molar-refractivity contribution is 6.29. The lowest BCUT2D eigenvalue weighted by atomic mass is 9.91. The Balaban J connectivity index is 1.55. The molecule has 0 aliphatic carbocycles. The number of aromatic nitrogens is 1. The van der Waals surface area contributed by atoms with Gasteiger partial charge in [0, 0.05) is 18.6 Å². The first kappa shape index (κ1) is 12.2. The van der Waals surface area contributed by atoms with Gasteiger partial charge in [-0.15, -0.1) is 0 Å². The van der Waals surface area contributed by atoms with Crippen LogP contribution in [0.4, 0.5) is 5.82 Å². The van der Waals surface area contributed by atoms with E-state index >= 15 is 0 Å². The van der Waals surface area contributed by atoms with Gasteiger partial charge in [0.15, 0.2) is 0 Å². The molecule has 3 rings (SSSR count). The van der Waals surface area contributed by atoms with Crippen LogP contribution >= 0.6 is 11.6 Å². The van der Waals surface area contributed by atoms with Crippen molar-refractivity contribution in [3.05, 3.63) is 23.4 Å². The van der Waals surface area contributed by atoms with Crippen molar-refractivity contribution in [1.29, 1.82) is 0 Å². The number of pyridine rings is 1. The molecule has 2 atom stereocenters. The number of nitrogens with zero attached hydrogens (tertiary/aromatic N) is 2. The Hall–Kier alpha value is -0.800. The van der Waals surface area contributed by atoms with Gasteiger partial charge in [-0.05, 0) is 50.8 Å². The van der Waals surface area contributed by atoms with Crippen molar-refractivity contribution in [2.24, 2.45) is 5.92 Å². The van der Waals surface area contributed by atoms with Crippen molar-refractivity contribution in [2.75, 3.05) is 18.9 Å². The van der Waals surface area contributed by atoms with Crippen molar-refractivity contribution in [3.63, 3.8) is 0 Å². The Morgan fingerprint density at radius 1 is 1.33 bits per heavy atom. The first-order valence-electron chi connectivity index (χ1n) is 6.81. The second kappa shape index (κ2) is 5.06. The Labute approximate surface area is 114 Å². The number of fused-ring (bicyclic) bond motifs is 2. The lowest BCUT2D eigenvalue weighted by Gasteiger charge is -2.36. The summed E-state index contributed by atoms with van der Waals surface area (Å²) in [5.41, 5.74) is 0. The van der Waals surface area contributed by atoms with Crippen LogP contribution in [0.1, 0.15) is 25.7 Å². The van der Waals surface area contributed by atoms with E-state index in [0.717, 1.165) is 30.4 Å². The molecule has 2 aliphatic rings. The van der Waals surface area contributed by atoms with Gasteiger partial charge in [-0.3, -0.25) is 0 Å². The van der Waals surface area contributed by atoms with Crippen molar-refractivity contribution in [1.82, 2.24) is 9.88 Å². The van der Waals surface area contributed by atoms with Gasteiger partial charge in [0.25, 0.3) is 0 Å². The van der Waals surface area contributed by atoms with E-state index in [9.17, 15) is 0 Å². The number of piperidine rings is 1. The van der Waals surface area contributed by atoms with E-state index in [1.54, 1.807) is 0 Å². The number of hydrogen-bond acceptors (Lipinski definition) is 3. The SMILES string of the molecule is CN1C2CCC1CC(CNc1cccc(Cl)n1)C2. The molecule has 2 bridgehead atoms. The van der Waals surface area contributed by atoms with Crippen LogP contribution in [0.2, 0.25) is 5.15 Å². The summed E-state index contributed by atoms with van der Waals surface area (Å²) in [5, 5.41) is 3.98. The Bertz CT molecular complexity index is 409. The molecule has 0 amide bonds. The fraction of sp³-hybridized carbons (Fsp3) is 0.643. The molecule has 2 unspecified atom stereocenters. The summed E-state index contributed by atoms with van der Waals surface area (Å²) >= 11 is 5.88. The highest BCUT2D eigenvalue weighted by atomic mass is 35.5. The Morgan fingerprint density at radius 3 is 2.72 bits per heavy atom. The molecule has 4 heteroatoms. The molecule has 1 N–H and O–H groups in total. The van der Waals surface area contributed by atoms with Crippen molar-refractivity contribution < 1.29 is 0 Å². The van der Waals surface area contributed by atoms with Gasteiger partial charge in [-0.25, -0.2) is 4.98 Å². The molecule has 0 saturated carbocycles. The lowest BCUT2D eigenvalue weighted by molar-refractivity contribution is 0.139. The molecule has 1 aromatic rings. The third kappa shape index (κ3) is 2.47. The van der Waals surface area contributed by atoms with E-state index in [2.05, 4.69) is 22.2 Å². The second-order valence-electron chi connectivity index (χ2n) is 5.61. The molecule has 18 heavy (non-hydrogen) atoms. The molecule has 2 saturated heterocycles. The zero-order valence-corrected chi connectivity index (χ0v) is 11.5. The number of anilines is 1. The molecule has 0 aromatic carbocycles. The minimum absolute atomic E-state index is 0.559. The van der Waals surface area contributed by atoms with Gasteiger partial charge < -0.3 is 10.2 Å². The summed E-state index contributed by atoms with van der Waals surface area (Å²) in [4.78, 5) is 6.85. The van der Waals surface area contributed by atoms with Crippen LogP contribution in [0.25, 0.3) is 0 Å². The fourth-order valence-electron chi connectivity index (χ4n) is 3.45. The number of rotatable bonds is 3. The van der Waals surface area contributed by atoms with Gasteiger partial charge in [0.1, 0.15) is 11.0 Å². The van der Waals surface area contributed by atoms with E-state index in [1.807, 2.05) is 18.2 Å². The largest absolute Gasteiger partial charge is 0.370 e. The molecular formula is C14H20ClN3. The molecule has 3 heterocycles. The van der Waals surface area contributed by atoms with Gasteiger partial charge in [0.05, 0.1) is 0 Å². The van der Waals surface area contributed by atoms with E-state index in [4.69, 9.17) is 11.6 Å². The fourth-order valence-corrected chi connectivity index (χ4v) is 3.61. The first-order valence-corrected chi connectivity index (χ1v) is 7.18. The van der Waals surface area contributed by atoms with Gasteiger partial charge >= 0.3 is 0 Å². The molecule has 1 aromatic heterocycles. The molecule has 0 spiro atoms. The summed E-state index contributed by atoms with van der Waals surface area (Å²) in [7, 11) is 2.28. The molecule has 2 fully saturated rings. The minimum Gasteiger partial charge on any atom is -0.370 e. The van der Waals surface area contributed by atoms with Gasteiger partial charge in [-0.2, -0.15) is 0 Å². The lowest BCUT2D eigenvalue weighted by Crippen LogP contribution is -2.41. The van der Waals surface area contributed by atoms with E-state index < -0.39 is 0 Å². The molecule has 3 nitrogen and oxygen atoms in total. The molecular weight excluding hydrogens is 246 g/mol. The van der Waals surface area contributed by atoms with Crippen LogP contribution in [0, 0.1) is 5.92 Å². The first-order chi connectivity index (χ1) is 8.72. The zero-order chi connectivity index (χ0) is 12.5. The third-order valence-electron chi connectivity index (χ3n) is 4.48. The maximum Gasteiger partial charge on any atom is 0.131 e. The van der Waals surface area contributed by atoms with E-state index in [0.29, 0.717) is 5.15 Å². The highest BCUT2D eigenvalue weighted by Crippen LogP contribution is 2.37. The van der Waals surface area contributed by atoms with Crippen molar-refractivity contribution >= 4 is 17.4 Å². The topological polar surface area (TPSA) is 28.2 Å². The van der Waals surface area contributed by atoms with Crippen molar-refractivity contribution in [2.45, 2.75) is 37.8 Å². The number of hydrogen-bond donors (Lipinski definition) is 1. The van der Waals surface area contributed by atoms with Crippen LogP contribution < -0.4 is 5.32 Å². The third-order valence-corrected chi connectivity index (χ3v) is 4.69. The predicted molar refractivity (Wildman–Crippen MR) is 75.0 cm³/mol.